The van der Waals surface area contributed by atoms with Crippen LogP contribution < -0.4 is 0 Å². The van der Waals surface area contributed by atoms with Gasteiger partial charge >= 0.3 is 0 Å². The molecule has 1 aliphatic heterocycles. The SMILES string of the molecule is O=C(Cc1ccccc1)N1CCCN(S(=O)(=O)c2ccccc2)CC1. The lowest BCUT2D eigenvalue weighted by Gasteiger charge is -2.22. The van der Waals surface area contributed by atoms with Gasteiger partial charge in [-0.05, 0) is 24.1 Å². The summed E-state index contributed by atoms with van der Waals surface area (Å²) in [5.74, 6) is 0.0464. The first-order valence-electron chi connectivity index (χ1n) is 8.44. The molecule has 5 nitrogen and oxygen atoms in total. The smallest absolute Gasteiger partial charge is 0.243 e. The minimum Gasteiger partial charge on any atom is -0.341 e. The van der Waals surface area contributed by atoms with Gasteiger partial charge < -0.3 is 4.90 Å². The van der Waals surface area contributed by atoms with Crippen LogP contribution in [0.25, 0.3) is 0 Å². The van der Waals surface area contributed by atoms with Crippen LogP contribution in [0.1, 0.15) is 12.0 Å². The Morgan fingerprint density at radius 3 is 2.16 bits per heavy atom. The van der Waals surface area contributed by atoms with Gasteiger partial charge in [-0.3, -0.25) is 4.79 Å². The molecule has 1 heterocycles. The van der Waals surface area contributed by atoms with Crippen molar-refractivity contribution in [2.75, 3.05) is 26.2 Å². The molecule has 2 aromatic carbocycles. The Morgan fingerprint density at radius 2 is 1.48 bits per heavy atom. The first-order valence-corrected chi connectivity index (χ1v) is 9.88. The van der Waals surface area contributed by atoms with E-state index >= 15 is 0 Å². The summed E-state index contributed by atoms with van der Waals surface area (Å²) < 4.78 is 26.9. The topological polar surface area (TPSA) is 57.7 Å². The normalized spacial score (nSPS) is 16.4. The maximum absolute atomic E-state index is 12.7. The second-order valence-electron chi connectivity index (χ2n) is 6.11. The van der Waals surface area contributed by atoms with Crippen molar-refractivity contribution in [3.63, 3.8) is 0 Å². The van der Waals surface area contributed by atoms with Gasteiger partial charge in [0.05, 0.1) is 11.3 Å². The molecule has 0 spiro atoms. The number of hydrogen-bond acceptors (Lipinski definition) is 3. The zero-order valence-electron chi connectivity index (χ0n) is 14.0. The van der Waals surface area contributed by atoms with Crippen molar-refractivity contribution in [1.29, 1.82) is 0 Å². The van der Waals surface area contributed by atoms with Crippen LogP contribution >= 0.6 is 0 Å². The second-order valence-corrected chi connectivity index (χ2v) is 8.05. The Morgan fingerprint density at radius 1 is 0.840 bits per heavy atom. The van der Waals surface area contributed by atoms with E-state index in [0.717, 1.165) is 5.56 Å². The van der Waals surface area contributed by atoms with Gasteiger partial charge in [0.2, 0.25) is 15.9 Å². The maximum atomic E-state index is 12.7. The number of nitrogens with zero attached hydrogens (tertiary/aromatic N) is 2. The summed E-state index contributed by atoms with van der Waals surface area (Å²) in [5, 5.41) is 0. The molecule has 0 radical (unpaired) electrons. The van der Waals surface area contributed by atoms with Crippen LogP contribution in [-0.4, -0.2) is 49.7 Å². The predicted molar refractivity (Wildman–Crippen MR) is 96.5 cm³/mol. The first kappa shape index (κ1) is 17.6. The third-order valence-corrected chi connectivity index (χ3v) is 6.30. The van der Waals surface area contributed by atoms with Gasteiger partial charge in [0.1, 0.15) is 0 Å². The summed E-state index contributed by atoms with van der Waals surface area (Å²) in [7, 11) is -3.50. The van der Waals surface area contributed by atoms with E-state index in [1.54, 1.807) is 35.2 Å². The minimum absolute atomic E-state index is 0.0464. The van der Waals surface area contributed by atoms with E-state index in [-0.39, 0.29) is 5.91 Å². The van der Waals surface area contributed by atoms with Crippen molar-refractivity contribution >= 4 is 15.9 Å². The Hall–Kier alpha value is -2.18. The van der Waals surface area contributed by atoms with Crippen LogP contribution in [0.4, 0.5) is 0 Å². The molecule has 0 N–H and O–H groups in total. The van der Waals surface area contributed by atoms with E-state index in [4.69, 9.17) is 0 Å². The standard InChI is InChI=1S/C19H22N2O3S/c22-19(16-17-8-3-1-4-9-17)20-12-7-13-21(15-14-20)25(23,24)18-10-5-2-6-11-18/h1-6,8-11H,7,12-16H2. The van der Waals surface area contributed by atoms with E-state index in [2.05, 4.69) is 0 Å². The van der Waals surface area contributed by atoms with Crippen LogP contribution in [0.5, 0.6) is 0 Å². The van der Waals surface area contributed by atoms with E-state index in [9.17, 15) is 13.2 Å². The summed E-state index contributed by atoms with van der Waals surface area (Å²) in [6.07, 6.45) is 0.999. The lowest BCUT2D eigenvalue weighted by molar-refractivity contribution is -0.130. The second kappa shape index (κ2) is 7.80. The molecule has 1 amide bonds. The molecule has 25 heavy (non-hydrogen) atoms. The fourth-order valence-corrected chi connectivity index (χ4v) is 4.50. The lowest BCUT2D eigenvalue weighted by Crippen LogP contribution is -2.37. The summed E-state index contributed by atoms with van der Waals surface area (Å²) in [6.45, 7) is 1.79. The predicted octanol–water partition coefficient (Wildman–Crippen LogP) is 2.15. The van der Waals surface area contributed by atoms with Crippen LogP contribution in [0.15, 0.2) is 65.6 Å². The largest absolute Gasteiger partial charge is 0.341 e. The highest BCUT2D eigenvalue weighted by Crippen LogP contribution is 2.17. The Balaban J connectivity index is 1.65. The third kappa shape index (κ3) is 4.27. The van der Waals surface area contributed by atoms with Crippen molar-refractivity contribution in [2.45, 2.75) is 17.7 Å². The van der Waals surface area contributed by atoms with Gasteiger partial charge in [0.15, 0.2) is 0 Å². The molecule has 1 aliphatic rings. The van der Waals surface area contributed by atoms with Gasteiger partial charge in [0, 0.05) is 26.2 Å². The molecule has 0 bridgehead atoms. The monoisotopic (exact) mass is 358 g/mol. The van der Waals surface area contributed by atoms with Crippen LogP contribution in [0.2, 0.25) is 0 Å². The van der Waals surface area contributed by atoms with E-state index in [1.807, 2.05) is 30.3 Å². The average molecular weight is 358 g/mol. The number of carbonyl (C=O) groups is 1. The quantitative estimate of drug-likeness (QED) is 0.841. The highest BCUT2D eigenvalue weighted by atomic mass is 32.2. The van der Waals surface area contributed by atoms with Gasteiger partial charge in [-0.1, -0.05) is 48.5 Å². The summed E-state index contributed by atoms with van der Waals surface area (Å²) >= 11 is 0. The fourth-order valence-electron chi connectivity index (χ4n) is 3.01. The molecule has 1 saturated heterocycles. The highest BCUT2D eigenvalue weighted by Gasteiger charge is 2.27. The minimum atomic E-state index is -3.50. The van der Waals surface area contributed by atoms with Gasteiger partial charge in [-0.15, -0.1) is 0 Å². The third-order valence-electron chi connectivity index (χ3n) is 4.39. The maximum Gasteiger partial charge on any atom is 0.243 e. The Bertz CT molecular complexity index is 807. The summed E-state index contributed by atoms with van der Waals surface area (Å²) in [5.41, 5.74) is 0.977. The molecular weight excluding hydrogens is 336 g/mol. The van der Waals surface area contributed by atoms with E-state index in [1.165, 1.54) is 4.31 Å². The van der Waals surface area contributed by atoms with Gasteiger partial charge in [0.25, 0.3) is 0 Å². The molecule has 6 heteroatoms. The molecular formula is C19H22N2O3S. The van der Waals surface area contributed by atoms with Crippen molar-refractivity contribution in [3.8, 4) is 0 Å². The molecule has 0 atom stereocenters. The molecule has 0 saturated carbocycles. The summed E-state index contributed by atoms with van der Waals surface area (Å²) in [6, 6.07) is 18.1. The van der Waals surface area contributed by atoms with Gasteiger partial charge in [-0.25, -0.2) is 8.42 Å². The van der Waals surface area contributed by atoms with Crippen molar-refractivity contribution in [2.24, 2.45) is 0 Å². The first-order chi connectivity index (χ1) is 12.1. The van der Waals surface area contributed by atoms with Crippen LogP contribution in [0.3, 0.4) is 0 Å². The molecule has 132 valence electrons. The zero-order chi connectivity index (χ0) is 17.7. The molecule has 1 fully saturated rings. The highest BCUT2D eigenvalue weighted by molar-refractivity contribution is 7.89. The molecule has 0 aliphatic carbocycles. The average Bonchev–Trinajstić information content (AvgIpc) is 2.90. The molecule has 3 rings (SSSR count). The zero-order valence-corrected chi connectivity index (χ0v) is 14.9. The molecule has 2 aromatic rings. The number of sulfonamides is 1. The number of hydrogen-bond donors (Lipinski definition) is 0. The van der Waals surface area contributed by atoms with Crippen molar-refractivity contribution < 1.29 is 13.2 Å². The fraction of sp³-hybridized carbons (Fsp3) is 0.316. The number of carbonyl (C=O) groups excluding carboxylic acids is 1. The molecule has 0 aromatic heterocycles. The van der Waals surface area contributed by atoms with Crippen LogP contribution in [0, 0.1) is 0 Å². The van der Waals surface area contributed by atoms with Crippen molar-refractivity contribution in [1.82, 2.24) is 9.21 Å². The Labute approximate surface area is 148 Å². The number of amides is 1. The summed E-state index contributed by atoms with van der Waals surface area (Å²) in [4.78, 5) is 14.6. The Kier molecular flexibility index (Phi) is 5.50. The van der Waals surface area contributed by atoms with Crippen LogP contribution in [-0.2, 0) is 21.2 Å². The van der Waals surface area contributed by atoms with Gasteiger partial charge in [-0.2, -0.15) is 4.31 Å². The lowest BCUT2D eigenvalue weighted by atomic mass is 10.1. The molecule has 0 unspecified atom stereocenters. The number of benzene rings is 2. The van der Waals surface area contributed by atoms with Crippen molar-refractivity contribution in [3.05, 3.63) is 66.2 Å². The van der Waals surface area contributed by atoms with E-state index in [0.29, 0.717) is 43.9 Å². The number of rotatable bonds is 4. The van der Waals surface area contributed by atoms with E-state index < -0.39 is 10.0 Å².